The Labute approximate surface area is 160 Å². The first-order valence-electron chi connectivity index (χ1n) is 10.9. The van der Waals surface area contributed by atoms with Crippen LogP contribution in [0.4, 0.5) is 0 Å². The van der Waals surface area contributed by atoms with E-state index in [0.29, 0.717) is 6.42 Å². The van der Waals surface area contributed by atoms with Crippen LogP contribution in [0.15, 0.2) is 0 Å². The average Bonchev–Trinajstić information content (AvgIpc) is 2.58. The van der Waals surface area contributed by atoms with Gasteiger partial charge in [0, 0.05) is 0 Å². The van der Waals surface area contributed by atoms with Crippen molar-refractivity contribution in [1.29, 1.82) is 0 Å². The molecule has 0 radical (unpaired) electrons. The maximum absolute atomic E-state index is 11.0. The molecule has 0 aromatic heterocycles. The molecule has 0 saturated carbocycles. The maximum atomic E-state index is 11.0. The normalized spacial score (nSPS) is 13.5. The summed E-state index contributed by atoms with van der Waals surface area (Å²) in [7, 11) is 0. The zero-order valence-corrected chi connectivity index (χ0v) is 17.2. The Bertz CT molecular complexity index is 354. The van der Waals surface area contributed by atoms with Gasteiger partial charge in [0.05, 0.1) is 12.3 Å². The van der Waals surface area contributed by atoms with Gasteiger partial charge in [-0.2, -0.15) is 0 Å². The summed E-state index contributed by atoms with van der Waals surface area (Å²) in [5, 5.41) is 17.7. The summed E-state index contributed by atoms with van der Waals surface area (Å²) < 4.78 is 0. The molecule has 0 aliphatic heterocycles. The zero-order chi connectivity index (χ0) is 19.6. The molecule has 2 N–H and O–H groups in total. The number of hydrogen-bond donors (Lipinski definition) is 2. The highest BCUT2D eigenvalue weighted by atomic mass is 16.4. The van der Waals surface area contributed by atoms with Crippen LogP contribution in [-0.4, -0.2) is 22.2 Å². The molecule has 4 nitrogen and oxygen atoms in total. The van der Waals surface area contributed by atoms with E-state index in [0.717, 1.165) is 25.2 Å². The molecular weight excluding hydrogens is 328 g/mol. The van der Waals surface area contributed by atoms with Gasteiger partial charge in [0.25, 0.3) is 0 Å². The molecule has 2 atom stereocenters. The minimum atomic E-state index is -1.02. The van der Waals surface area contributed by atoms with Crippen LogP contribution in [0, 0.1) is 11.8 Å². The van der Waals surface area contributed by atoms with Crippen molar-refractivity contribution in [2.24, 2.45) is 11.8 Å². The third-order valence-electron chi connectivity index (χ3n) is 5.32. The Morgan fingerprint density at radius 3 is 1.58 bits per heavy atom. The standard InChI is InChI=1S/C22H42O4/c1-3-4-5-6-7-8-9-10-12-15-19(2)16-13-11-14-17-20(22(25)26)18-21(23)24/h19-20H,3-18H2,1-2H3,(H,23,24)(H,25,26). The summed E-state index contributed by atoms with van der Waals surface area (Å²) in [6.07, 6.45) is 18.0. The lowest BCUT2D eigenvalue weighted by Crippen LogP contribution is -2.17. The van der Waals surface area contributed by atoms with E-state index in [1.165, 1.54) is 70.6 Å². The number of unbranched alkanes of at least 4 members (excludes halogenated alkanes) is 10. The quantitative estimate of drug-likeness (QED) is 0.249. The van der Waals surface area contributed by atoms with Crippen LogP contribution >= 0.6 is 0 Å². The Kier molecular flexibility index (Phi) is 16.7. The third-order valence-corrected chi connectivity index (χ3v) is 5.32. The van der Waals surface area contributed by atoms with Crippen molar-refractivity contribution in [2.75, 3.05) is 0 Å². The number of aliphatic carboxylic acids is 2. The zero-order valence-electron chi connectivity index (χ0n) is 17.2. The summed E-state index contributed by atoms with van der Waals surface area (Å²) in [5.74, 6) is -1.99. The Hall–Kier alpha value is -1.06. The van der Waals surface area contributed by atoms with Crippen molar-refractivity contribution >= 4 is 11.9 Å². The molecule has 0 aromatic rings. The van der Waals surface area contributed by atoms with Gasteiger partial charge < -0.3 is 10.2 Å². The number of hydrogen-bond acceptors (Lipinski definition) is 2. The van der Waals surface area contributed by atoms with E-state index in [1.807, 2.05) is 0 Å². The molecule has 0 saturated heterocycles. The Balaban J connectivity index is 3.47. The molecule has 0 aliphatic carbocycles. The van der Waals surface area contributed by atoms with E-state index < -0.39 is 17.9 Å². The van der Waals surface area contributed by atoms with Gasteiger partial charge in [-0.15, -0.1) is 0 Å². The van der Waals surface area contributed by atoms with Crippen molar-refractivity contribution in [2.45, 2.75) is 117 Å². The van der Waals surface area contributed by atoms with E-state index in [1.54, 1.807) is 0 Å². The maximum Gasteiger partial charge on any atom is 0.307 e. The van der Waals surface area contributed by atoms with Gasteiger partial charge in [-0.25, -0.2) is 0 Å². The fraction of sp³-hybridized carbons (Fsp3) is 0.909. The number of carbonyl (C=O) groups is 2. The fourth-order valence-electron chi connectivity index (χ4n) is 3.53. The van der Waals surface area contributed by atoms with Crippen LogP contribution in [0.25, 0.3) is 0 Å². The number of carboxylic acid groups (broad SMARTS) is 2. The van der Waals surface area contributed by atoms with E-state index in [4.69, 9.17) is 10.2 Å². The van der Waals surface area contributed by atoms with Gasteiger partial charge >= 0.3 is 11.9 Å². The van der Waals surface area contributed by atoms with Crippen LogP contribution in [0.2, 0.25) is 0 Å². The van der Waals surface area contributed by atoms with E-state index in [9.17, 15) is 9.59 Å². The van der Waals surface area contributed by atoms with Gasteiger partial charge in [0.1, 0.15) is 0 Å². The van der Waals surface area contributed by atoms with Crippen LogP contribution < -0.4 is 0 Å². The second kappa shape index (κ2) is 17.4. The van der Waals surface area contributed by atoms with E-state index in [2.05, 4.69) is 13.8 Å². The molecule has 0 spiro atoms. The summed E-state index contributed by atoms with van der Waals surface area (Å²) >= 11 is 0. The first-order chi connectivity index (χ1) is 12.5. The summed E-state index contributed by atoms with van der Waals surface area (Å²) in [5.41, 5.74) is 0. The molecule has 0 aromatic carbocycles. The predicted molar refractivity (Wildman–Crippen MR) is 107 cm³/mol. The highest BCUT2D eigenvalue weighted by Gasteiger charge is 2.20. The van der Waals surface area contributed by atoms with Crippen molar-refractivity contribution < 1.29 is 19.8 Å². The predicted octanol–water partition coefficient (Wildman–Crippen LogP) is 6.67. The fourth-order valence-corrected chi connectivity index (χ4v) is 3.53. The van der Waals surface area contributed by atoms with Gasteiger partial charge in [0.2, 0.25) is 0 Å². The second-order valence-electron chi connectivity index (χ2n) is 7.99. The largest absolute Gasteiger partial charge is 0.481 e. The second-order valence-corrected chi connectivity index (χ2v) is 7.99. The minimum absolute atomic E-state index is 0.260. The smallest absolute Gasteiger partial charge is 0.307 e. The molecule has 2 unspecified atom stereocenters. The van der Waals surface area contributed by atoms with Crippen molar-refractivity contribution in [3.63, 3.8) is 0 Å². The topological polar surface area (TPSA) is 74.6 Å². The Morgan fingerprint density at radius 1 is 0.692 bits per heavy atom. The molecule has 0 fully saturated rings. The molecule has 26 heavy (non-hydrogen) atoms. The summed E-state index contributed by atoms with van der Waals surface area (Å²) in [6, 6.07) is 0. The molecule has 0 bridgehead atoms. The lowest BCUT2D eigenvalue weighted by atomic mass is 9.94. The van der Waals surface area contributed by atoms with Gasteiger partial charge in [-0.1, -0.05) is 104 Å². The third kappa shape index (κ3) is 16.4. The number of rotatable bonds is 19. The minimum Gasteiger partial charge on any atom is -0.481 e. The lowest BCUT2D eigenvalue weighted by Gasteiger charge is -2.12. The molecule has 0 heterocycles. The van der Waals surface area contributed by atoms with Crippen molar-refractivity contribution in [1.82, 2.24) is 0 Å². The van der Waals surface area contributed by atoms with Gasteiger partial charge in [0.15, 0.2) is 0 Å². The molecular formula is C22H42O4. The molecule has 4 heteroatoms. The summed E-state index contributed by atoms with van der Waals surface area (Å²) in [6.45, 7) is 4.57. The highest BCUT2D eigenvalue weighted by Crippen LogP contribution is 2.20. The molecule has 0 amide bonds. The molecule has 0 aliphatic rings. The number of carboxylic acids is 2. The van der Waals surface area contributed by atoms with E-state index >= 15 is 0 Å². The van der Waals surface area contributed by atoms with E-state index in [-0.39, 0.29) is 6.42 Å². The Morgan fingerprint density at radius 2 is 1.12 bits per heavy atom. The molecule has 0 rings (SSSR count). The van der Waals surface area contributed by atoms with Crippen molar-refractivity contribution in [3.05, 3.63) is 0 Å². The monoisotopic (exact) mass is 370 g/mol. The van der Waals surface area contributed by atoms with Crippen LogP contribution in [-0.2, 0) is 9.59 Å². The lowest BCUT2D eigenvalue weighted by molar-refractivity contribution is -0.148. The first kappa shape index (κ1) is 24.9. The van der Waals surface area contributed by atoms with Gasteiger partial charge in [-0.05, 0) is 12.3 Å². The van der Waals surface area contributed by atoms with Crippen LogP contribution in [0.3, 0.4) is 0 Å². The van der Waals surface area contributed by atoms with Crippen LogP contribution in [0.1, 0.15) is 117 Å². The highest BCUT2D eigenvalue weighted by molar-refractivity contribution is 5.77. The van der Waals surface area contributed by atoms with Crippen LogP contribution in [0.5, 0.6) is 0 Å². The molecule has 154 valence electrons. The van der Waals surface area contributed by atoms with Crippen molar-refractivity contribution in [3.8, 4) is 0 Å². The van der Waals surface area contributed by atoms with Gasteiger partial charge in [-0.3, -0.25) is 9.59 Å². The average molecular weight is 371 g/mol. The first-order valence-corrected chi connectivity index (χ1v) is 10.9. The summed E-state index contributed by atoms with van der Waals surface area (Å²) in [4.78, 5) is 21.7. The SMILES string of the molecule is CCCCCCCCCCCC(C)CCCCCC(CC(=O)O)C(=O)O.